The minimum Gasteiger partial charge on any atom is -0.466 e. The number of hydrogen-bond acceptors (Lipinski definition) is 6. The fourth-order valence-electron chi connectivity index (χ4n) is 1.02. The molecule has 0 aromatic carbocycles. The minimum atomic E-state index is -1.25. The zero-order valence-corrected chi connectivity index (χ0v) is 11.9. The Morgan fingerprint density at radius 1 is 0.947 bits per heavy atom. The summed E-state index contributed by atoms with van der Waals surface area (Å²) in [6, 6.07) is -0.349. The number of carbonyl (C=O) groups excluding carboxylic acids is 1. The Morgan fingerprint density at radius 2 is 1.32 bits per heavy atom. The van der Waals surface area contributed by atoms with Gasteiger partial charge in [-0.1, -0.05) is 0 Å². The lowest BCUT2D eigenvalue weighted by Crippen LogP contribution is -2.30. The molecule has 0 aliphatic carbocycles. The number of ether oxygens (including phenoxy) is 3. The van der Waals surface area contributed by atoms with Gasteiger partial charge in [-0.15, -0.1) is 0 Å². The van der Waals surface area contributed by atoms with Gasteiger partial charge in [0.1, 0.15) is 0 Å². The Morgan fingerprint density at radius 3 is 1.58 bits per heavy atom. The third-order valence-electron chi connectivity index (χ3n) is 1.62. The molecule has 0 radical (unpaired) electrons. The standard InChI is InChI=1S/C11H22N4O4/c1-6(2)18-10(12)14-8(9(16)17-5)15-11(13)19-7(3)4/h6-8H,1-5H3,(H2,12,14)(H2,13,15). The maximum Gasteiger partial charge on any atom is 0.353 e. The topological polar surface area (TPSA) is 122 Å². The van der Waals surface area contributed by atoms with Crippen molar-refractivity contribution in [1.82, 2.24) is 0 Å². The maximum absolute atomic E-state index is 11.5. The number of esters is 1. The van der Waals surface area contributed by atoms with Crippen LogP contribution in [0.1, 0.15) is 27.7 Å². The number of hydrogen-bond donors (Lipinski definition) is 2. The molecule has 0 rings (SSSR count). The highest BCUT2D eigenvalue weighted by Gasteiger charge is 2.19. The Bertz CT molecular complexity index is 327. The average Bonchev–Trinajstić information content (AvgIpc) is 2.24. The number of nitrogens with two attached hydrogens (primary N) is 2. The lowest BCUT2D eigenvalue weighted by atomic mass is 10.5. The molecule has 0 saturated carbocycles. The first-order valence-electron chi connectivity index (χ1n) is 5.84. The van der Waals surface area contributed by atoms with E-state index in [0.717, 1.165) is 0 Å². The fourth-order valence-corrected chi connectivity index (χ4v) is 1.02. The number of amidine groups is 2. The highest BCUT2D eigenvalue weighted by Crippen LogP contribution is 2.00. The maximum atomic E-state index is 11.5. The summed E-state index contributed by atoms with van der Waals surface area (Å²) in [4.78, 5) is 19.1. The van der Waals surface area contributed by atoms with Crippen molar-refractivity contribution in [3.63, 3.8) is 0 Å². The van der Waals surface area contributed by atoms with Crippen LogP contribution in [0.4, 0.5) is 0 Å². The zero-order valence-electron chi connectivity index (χ0n) is 11.9. The van der Waals surface area contributed by atoms with Crippen molar-refractivity contribution in [2.24, 2.45) is 21.5 Å². The van der Waals surface area contributed by atoms with Gasteiger partial charge in [-0.3, -0.25) is 0 Å². The van der Waals surface area contributed by atoms with Crippen molar-refractivity contribution in [3.05, 3.63) is 0 Å². The predicted octanol–water partition coefficient (Wildman–Crippen LogP) is -0.0351. The fraction of sp³-hybridized carbons (Fsp3) is 0.727. The molecule has 0 aliphatic heterocycles. The van der Waals surface area contributed by atoms with E-state index in [9.17, 15) is 4.79 Å². The number of aliphatic imine (C=N–C) groups is 2. The van der Waals surface area contributed by atoms with Gasteiger partial charge in [0.2, 0.25) is 6.17 Å². The molecule has 0 amide bonds. The first kappa shape index (κ1) is 17.0. The molecule has 0 bridgehead atoms. The molecule has 0 heterocycles. The highest BCUT2D eigenvalue weighted by molar-refractivity contribution is 5.83. The molecule has 0 atom stereocenters. The third kappa shape index (κ3) is 7.85. The monoisotopic (exact) mass is 274 g/mol. The summed E-state index contributed by atoms with van der Waals surface area (Å²) in [6.45, 7) is 7.09. The van der Waals surface area contributed by atoms with Gasteiger partial charge in [0.15, 0.2) is 0 Å². The van der Waals surface area contributed by atoms with E-state index in [1.807, 2.05) is 0 Å². The molecule has 0 fully saturated rings. The van der Waals surface area contributed by atoms with E-state index in [1.165, 1.54) is 7.11 Å². The summed E-state index contributed by atoms with van der Waals surface area (Å²) < 4.78 is 14.8. The van der Waals surface area contributed by atoms with Crippen LogP contribution in [-0.4, -0.2) is 43.5 Å². The van der Waals surface area contributed by atoms with Crippen molar-refractivity contribution in [2.45, 2.75) is 46.1 Å². The zero-order chi connectivity index (χ0) is 15.0. The van der Waals surface area contributed by atoms with Crippen LogP contribution in [0, 0.1) is 0 Å². The van der Waals surface area contributed by atoms with Crippen LogP contribution in [0.15, 0.2) is 9.98 Å². The quantitative estimate of drug-likeness (QED) is 0.412. The lowest BCUT2D eigenvalue weighted by Gasteiger charge is -2.12. The third-order valence-corrected chi connectivity index (χ3v) is 1.62. The first-order chi connectivity index (χ1) is 8.76. The van der Waals surface area contributed by atoms with Crippen LogP contribution in [0.3, 0.4) is 0 Å². The van der Waals surface area contributed by atoms with Crippen molar-refractivity contribution < 1.29 is 19.0 Å². The molecule has 0 aliphatic rings. The van der Waals surface area contributed by atoms with Gasteiger partial charge in [0.25, 0.3) is 12.0 Å². The largest absolute Gasteiger partial charge is 0.466 e. The molecule has 0 aromatic heterocycles. The van der Waals surface area contributed by atoms with Crippen molar-refractivity contribution in [3.8, 4) is 0 Å². The molecule has 110 valence electrons. The van der Waals surface area contributed by atoms with E-state index in [1.54, 1.807) is 27.7 Å². The van der Waals surface area contributed by atoms with Crippen LogP contribution in [0.25, 0.3) is 0 Å². The van der Waals surface area contributed by atoms with Crippen LogP contribution < -0.4 is 11.5 Å². The second-order valence-electron chi connectivity index (χ2n) is 4.16. The van der Waals surface area contributed by atoms with Crippen LogP contribution in [0.2, 0.25) is 0 Å². The lowest BCUT2D eigenvalue weighted by molar-refractivity contribution is -0.141. The summed E-state index contributed by atoms with van der Waals surface area (Å²) in [7, 11) is 1.21. The molecular formula is C11H22N4O4. The number of methoxy groups -OCH3 is 1. The number of rotatable bonds is 5. The van der Waals surface area contributed by atoms with E-state index in [0.29, 0.717) is 0 Å². The molecule has 0 unspecified atom stereocenters. The van der Waals surface area contributed by atoms with E-state index >= 15 is 0 Å². The van der Waals surface area contributed by atoms with Gasteiger partial charge in [-0.05, 0) is 27.7 Å². The molecule has 19 heavy (non-hydrogen) atoms. The Labute approximate surface area is 112 Å². The summed E-state index contributed by atoms with van der Waals surface area (Å²) in [5.74, 6) is -0.717. The van der Waals surface area contributed by atoms with Crippen molar-refractivity contribution in [1.29, 1.82) is 0 Å². The van der Waals surface area contributed by atoms with Gasteiger partial charge in [0, 0.05) is 0 Å². The number of nitrogens with zero attached hydrogens (tertiary/aromatic N) is 2. The van der Waals surface area contributed by atoms with E-state index < -0.39 is 12.1 Å². The van der Waals surface area contributed by atoms with Crippen LogP contribution in [0.5, 0.6) is 0 Å². The molecule has 0 spiro atoms. The minimum absolute atomic E-state index is 0.171. The van der Waals surface area contributed by atoms with Crippen LogP contribution >= 0.6 is 0 Å². The molecule has 0 saturated heterocycles. The Balaban J connectivity index is 4.97. The molecule has 8 nitrogen and oxygen atoms in total. The van der Waals surface area contributed by atoms with Gasteiger partial charge in [0.05, 0.1) is 19.3 Å². The summed E-state index contributed by atoms with van der Waals surface area (Å²) in [5, 5.41) is 0. The Hall–Kier alpha value is -1.99. The smallest absolute Gasteiger partial charge is 0.353 e. The Kier molecular flexibility index (Phi) is 7.32. The van der Waals surface area contributed by atoms with Crippen molar-refractivity contribution in [2.75, 3.05) is 7.11 Å². The van der Waals surface area contributed by atoms with Gasteiger partial charge < -0.3 is 25.7 Å². The van der Waals surface area contributed by atoms with E-state index in [4.69, 9.17) is 20.9 Å². The molecular weight excluding hydrogens is 252 g/mol. The van der Waals surface area contributed by atoms with Gasteiger partial charge >= 0.3 is 5.97 Å². The first-order valence-corrected chi connectivity index (χ1v) is 5.84. The molecule has 4 N–H and O–H groups in total. The average molecular weight is 274 g/mol. The van der Waals surface area contributed by atoms with E-state index in [2.05, 4.69) is 14.7 Å². The highest BCUT2D eigenvalue weighted by atomic mass is 16.5. The van der Waals surface area contributed by atoms with Gasteiger partial charge in [-0.25, -0.2) is 4.79 Å². The normalized spacial score (nSPS) is 14.5. The molecule has 8 heteroatoms. The van der Waals surface area contributed by atoms with E-state index in [-0.39, 0.29) is 24.3 Å². The second kappa shape index (κ2) is 8.17. The predicted molar refractivity (Wildman–Crippen MR) is 71.5 cm³/mol. The van der Waals surface area contributed by atoms with Gasteiger partial charge in [-0.2, -0.15) is 9.98 Å². The SMILES string of the molecule is COC(=O)C(N=C(N)OC(C)C)N=C(N)OC(C)C. The molecule has 0 aromatic rings. The van der Waals surface area contributed by atoms with Crippen molar-refractivity contribution >= 4 is 18.0 Å². The second-order valence-corrected chi connectivity index (χ2v) is 4.16. The summed E-state index contributed by atoms with van der Waals surface area (Å²) in [6.07, 6.45) is -1.59. The van der Waals surface area contributed by atoms with Crippen LogP contribution in [-0.2, 0) is 19.0 Å². The number of carbonyl (C=O) groups is 1. The summed E-state index contributed by atoms with van der Waals surface area (Å²) in [5.41, 5.74) is 11.0. The summed E-state index contributed by atoms with van der Waals surface area (Å²) >= 11 is 0.